The maximum Gasteiger partial charge on any atom is 0.310 e. The average Bonchev–Trinajstić information content (AvgIpc) is 2.16. The van der Waals surface area contributed by atoms with E-state index in [2.05, 4.69) is 0 Å². The molecule has 0 spiro atoms. The molecule has 0 aliphatic carbocycles. The summed E-state index contributed by atoms with van der Waals surface area (Å²) >= 11 is 0. The second kappa shape index (κ2) is 3.33. The Bertz CT molecular complexity index is 371. The van der Waals surface area contributed by atoms with Crippen LogP contribution in [0.25, 0.3) is 0 Å². The third-order valence-electron chi connectivity index (χ3n) is 2.47. The predicted molar refractivity (Wildman–Crippen MR) is 51.5 cm³/mol. The Balaban J connectivity index is 2.29. The van der Waals surface area contributed by atoms with Crippen LogP contribution in [0.1, 0.15) is 11.1 Å². The molecular formula is C11H12O3. The monoisotopic (exact) mass is 192 g/mol. The van der Waals surface area contributed by atoms with Gasteiger partial charge in [0.25, 0.3) is 0 Å². The maximum absolute atomic E-state index is 10.8. The van der Waals surface area contributed by atoms with E-state index >= 15 is 0 Å². The van der Waals surface area contributed by atoms with Crippen molar-refractivity contribution in [3.8, 4) is 5.75 Å². The first-order chi connectivity index (χ1) is 6.66. The molecule has 1 heterocycles. The van der Waals surface area contributed by atoms with Crippen LogP contribution in [-0.4, -0.2) is 17.7 Å². The molecular weight excluding hydrogens is 180 g/mol. The summed E-state index contributed by atoms with van der Waals surface area (Å²) in [7, 11) is 0. The number of fused-ring (bicyclic) bond motifs is 1. The van der Waals surface area contributed by atoms with Gasteiger partial charge in [-0.2, -0.15) is 0 Å². The summed E-state index contributed by atoms with van der Waals surface area (Å²) < 4.78 is 5.37. The van der Waals surface area contributed by atoms with Crippen LogP contribution in [0.3, 0.4) is 0 Å². The maximum atomic E-state index is 10.8. The largest absolute Gasteiger partial charge is 0.492 e. The van der Waals surface area contributed by atoms with Gasteiger partial charge in [0.1, 0.15) is 12.4 Å². The zero-order chi connectivity index (χ0) is 10.1. The van der Waals surface area contributed by atoms with E-state index in [0.717, 1.165) is 16.9 Å². The Kier molecular flexibility index (Phi) is 2.15. The van der Waals surface area contributed by atoms with Gasteiger partial charge in [-0.25, -0.2) is 0 Å². The number of carboxylic acids is 1. The summed E-state index contributed by atoms with van der Waals surface area (Å²) in [6.07, 6.45) is 0.576. The van der Waals surface area contributed by atoms with Gasteiger partial charge in [0.2, 0.25) is 0 Å². The van der Waals surface area contributed by atoms with E-state index in [1.807, 2.05) is 25.1 Å². The molecule has 0 saturated carbocycles. The summed E-state index contributed by atoms with van der Waals surface area (Å²) in [5, 5.41) is 8.85. The topological polar surface area (TPSA) is 46.5 Å². The lowest BCUT2D eigenvalue weighted by molar-refractivity contribution is -0.143. The number of hydrogen-bond donors (Lipinski definition) is 1. The van der Waals surface area contributed by atoms with E-state index in [9.17, 15) is 4.79 Å². The molecule has 1 aromatic carbocycles. The van der Waals surface area contributed by atoms with Crippen molar-refractivity contribution in [3.63, 3.8) is 0 Å². The highest BCUT2D eigenvalue weighted by molar-refractivity contribution is 5.71. The number of carbonyl (C=O) groups is 1. The first-order valence-electron chi connectivity index (χ1n) is 4.62. The SMILES string of the molecule is Cc1ccc2c(c1)C[C@H](C(=O)O)CO2. The highest BCUT2D eigenvalue weighted by atomic mass is 16.5. The third-order valence-corrected chi connectivity index (χ3v) is 2.47. The van der Waals surface area contributed by atoms with Crippen LogP contribution in [0.15, 0.2) is 18.2 Å². The second-order valence-corrected chi connectivity index (χ2v) is 3.66. The Morgan fingerprint density at radius 2 is 2.36 bits per heavy atom. The van der Waals surface area contributed by atoms with E-state index in [1.54, 1.807) is 0 Å². The zero-order valence-electron chi connectivity index (χ0n) is 7.99. The lowest BCUT2D eigenvalue weighted by Crippen LogP contribution is -2.27. The first-order valence-corrected chi connectivity index (χ1v) is 4.62. The van der Waals surface area contributed by atoms with E-state index in [4.69, 9.17) is 9.84 Å². The molecule has 2 rings (SSSR count). The van der Waals surface area contributed by atoms with E-state index in [0.29, 0.717) is 6.42 Å². The van der Waals surface area contributed by atoms with Gasteiger partial charge in [-0.3, -0.25) is 4.79 Å². The fourth-order valence-electron chi connectivity index (χ4n) is 1.68. The van der Waals surface area contributed by atoms with Crippen LogP contribution in [0.4, 0.5) is 0 Å². The average molecular weight is 192 g/mol. The molecule has 1 atom stereocenters. The first kappa shape index (κ1) is 9.06. The Morgan fingerprint density at radius 1 is 1.57 bits per heavy atom. The molecule has 0 unspecified atom stereocenters. The van der Waals surface area contributed by atoms with Crippen LogP contribution < -0.4 is 4.74 Å². The van der Waals surface area contributed by atoms with Gasteiger partial charge >= 0.3 is 5.97 Å². The number of aryl methyl sites for hydroxylation is 1. The smallest absolute Gasteiger partial charge is 0.310 e. The molecule has 0 aromatic heterocycles. The molecule has 0 bridgehead atoms. The van der Waals surface area contributed by atoms with Crippen LogP contribution >= 0.6 is 0 Å². The van der Waals surface area contributed by atoms with Gasteiger partial charge in [0, 0.05) is 0 Å². The van der Waals surface area contributed by atoms with Crippen molar-refractivity contribution in [1.29, 1.82) is 0 Å². The minimum absolute atomic E-state index is 0.283. The summed E-state index contributed by atoms with van der Waals surface area (Å²) in [5.41, 5.74) is 2.14. The zero-order valence-corrected chi connectivity index (χ0v) is 7.99. The number of carboxylic acid groups (broad SMARTS) is 1. The van der Waals surface area contributed by atoms with Gasteiger partial charge in [0.15, 0.2) is 0 Å². The van der Waals surface area contributed by atoms with Gasteiger partial charge in [-0.05, 0) is 25.0 Å². The molecule has 0 radical (unpaired) electrons. The molecule has 0 amide bonds. The Hall–Kier alpha value is -1.51. The highest BCUT2D eigenvalue weighted by Crippen LogP contribution is 2.27. The fourth-order valence-corrected chi connectivity index (χ4v) is 1.68. The molecule has 74 valence electrons. The normalized spacial score (nSPS) is 19.6. The molecule has 0 saturated heterocycles. The Morgan fingerprint density at radius 3 is 3.07 bits per heavy atom. The number of hydrogen-bond acceptors (Lipinski definition) is 2. The molecule has 1 aromatic rings. The van der Waals surface area contributed by atoms with Crippen molar-refractivity contribution in [3.05, 3.63) is 29.3 Å². The number of benzene rings is 1. The lowest BCUT2D eigenvalue weighted by atomic mass is 9.96. The highest BCUT2D eigenvalue weighted by Gasteiger charge is 2.25. The van der Waals surface area contributed by atoms with Crippen LogP contribution in [0.2, 0.25) is 0 Å². The molecule has 1 aliphatic rings. The summed E-state index contributed by atoms with van der Waals surface area (Å²) in [6.45, 7) is 2.27. The minimum atomic E-state index is -0.780. The van der Waals surface area contributed by atoms with Crippen molar-refractivity contribution in [2.45, 2.75) is 13.3 Å². The van der Waals surface area contributed by atoms with Gasteiger partial charge < -0.3 is 9.84 Å². The quantitative estimate of drug-likeness (QED) is 0.735. The van der Waals surface area contributed by atoms with Crippen molar-refractivity contribution >= 4 is 5.97 Å². The van der Waals surface area contributed by atoms with Crippen LogP contribution in [0, 0.1) is 12.8 Å². The fraction of sp³-hybridized carbons (Fsp3) is 0.364. The summed E-state index contributed by atoms with van der Waals surface area (Å²) in [4.78, 5) is 10.8. The molecule has 3 nitrogen and oxygen atoms in total. The van der Waals surface area contributed by atoms with Crippen LogP contribution in [0.5, 0.6) is 5.75 Å². The molecule has 3 heteroatoms. The molecule has 1 aliphatic heterocycles. The molecule has 0 fully saturated rings. The second-order valence-electron chi connectivity index (χ2n) is 3.66. The van der Waals surface area contributed by atoms with Gasteiger partial charge in [0.05, 0.1) is 5.92 Å². The minimum Gasteiger partial charge on any atom is -0.492 e. The number of aliphatic carboxylic acids is 1. The van der Waals surface area contributed by atoms with E-state index in [1.165, 1.54) is 0 Å². The number of ether oxygens (including phenoxy) is 1. The van der Waals surface area contributed by atoms with Crippen molar-refractivity contribution in [2.75, 3.05) is 6.61 Å². The third kappa shape index (κ3) is 1.58. The van der Waals surface area contributed by atoms with Crippen molar-refractivity contribution in [1.82, 2.24) is 0 Å². The van der Waals surface area contributed by atoms with Crippen molar-refractivity contribution in [2.24, 2.45) is 5.92 Å². The van der Waals surface area contributed by atoms with Crippen LogP contribution in [-0.2, 0) is 11.2 Å². The summed E-state index contributed by atoms with van der Waals surface area (Å²) in [5.74, 6) is -0.352. The van der Waals surface area contributed by atoms with E-state index < -0.39 is 11.9 Å². The Labute approximate surface area is 82.3 Å². The van der Waals surface area contributed by atoms with Gasteiger partial charge in [-0.15, -0.1) is 0 Å². The van der Waals surface area contributed by atoms with Crippen molar-refractivity contribution < 1.29 is 14.6 Å². The lowest BCUT2D eigenvalue weighted by Gasteiger charge is -2.22. The standard InChI is InChI=1S/C11H12O3/c1-7-2-3-10-8(4-7)5-9(6-14-10)11(12)13/h2-4,9H,5-6H2,1H3,(H,12,13)/t9-/m0/s1. The molecule has 1 N–H and O–H groups in total. The van der Waals surface area contributed by atoms with E-state index in [-0.39, 0.29) is 6.61 Å². The van der Waals surface area contributed by atoms with Gasteiger partial charge in [-0.1, -0.05) is 17.7 Å². The molecule has 14 heavy (non-hydrogen) atoms. The number of rotatable bonds is 1. The summed E-state index contributed by atoms with van der Waals surface area (Å²) in [6, 6.07) is 5.87. The predicted octanol–water partition coefficient (Wildman–Crippen LogP) is 1.63.